The topological polar surface area (TPSA) is 0 Å². The summed E-state index contributed by atoms with van der Waals surface area (Å²) in [7, 11) is 0. The maximum Gasteiger partial charge on any atom is 0.267 e. The molecular formula is C16H33Br3Si. The largest absolute Gasteiger partial charge is 0.267 e. The number of hydrogen-bond acceptors (Lipinski definition) is 0. The molecule has 0 N–H and O–H groups in total. The van der Waals surface area contributed by atoms with Gasteiger partial charge in [-0.1, -0.05) is 143 Å². The molecule has 0 spiro atoms. The van der Waals surface area contributed by atoms with E-state index in [2.05, 4.69) is 52.8 Å². The van der Waals surface area contributed by atoms with Crippen LogP contribution in [0.15, 0.2) is 0 Å². The normalized spacial score (nSPS) is 12.0. The summed E-state index contributed by atoms with van der Waals surface area (Å²) >= 11 is 11.1. The molecule has 0 radical (unpaired) electrons. The minimum atomic E-state index is -1.32. The monoisotopic (exact) mass is 490 g/mol. The van der Waals surface area contributed by atoms with E-state index in [0.717, 1.165) is 0 Å². The van der Waals surface area contributed by atoms with Crippen LogP contribution >= 0.6 is 45.9 Å². The fourth-order valence-electron chi connectivity index (χ4n) is 2.52. The van der Waals surface area contributed by atoms with Crippen LogP contribution in [-0.4, -0.2) is 3.93 Å². The molecule has 0 aromatic carbocycles. The molecule has 0 heterocycles. The van der Waals surface area contributed by atoms with Gasteiger partial charge < -0.3 is 0 Å². The van der Waals surface area contributed by atoms with Crippen LogP contribution in [0.3, 0.4) is 0 Å². The molecule has 0 saturated heterocycles. The second-order valence-electron chi connectivity index (χ2n) is 5.96. The van der Waals surface area contributed by atoms with E-state index in [0.29, 0.717) is 0 Å². The highest BCUT2D eigenvalue weighted by molar-refractivity contribution is 9.72. The Kier molecular flexibility index (Phi) is 16.8. The van der Waals surface area contributed by atoms with Gasteiger partial charge in [0.1, 0.15) is 0 Å². The van der Waals surface area contributed by atoms with Crippen LogP contribution < -0.4 is 0 Å². The van der Waals surface area contributed by atoms with Crippen molar-refractivity contribution in [2.45, 2.75) is 103 Å². The number of hydrogen-bond donors (Lipinski definition) is 0. The van der Waals surface area contributed by atoms with Crippen LogP contribution in [-0.2, 0) is 0 Å². The van der Waals surface area contributed by atoms with Crippen molar-refractivity contribution in [1.29, 1.82) is 0 Å². The average molecular weight is 493 g/mol. The summed E-state index contributed by atoms with van der Waals surface area (Å²) in [6.07, 6.45) is 20.1. The van der Waals surface area contributed by atoms with Crippen molar-refractivity contribution >= 4 is 49.8 Å². The van der Waals surface area contributed by atoms with Crippen LogP contribution in [0.5, 0.6) is 0 Å². The lowest BCUT2D eigenvalue weighted by Crippen LogP contribution is -2.04. The SMILES string of the molecule is CCCCCCCCCCCCCCCC[Si](Br)(Br)Br. The first-order valence-electron chi connectivity index (χ1n) is 8.63. The van der Waals surface area contributed by atoms with Gasteiger partial charge in [-0.15, -0.1) is 0 Å². The van der Waals surface area contributed by atoms with Crippen LogP contribution in [0.25, 0.3) is 0 Å². The van der Waals surface area contributed by atoms with Crippen molar-refractivity contribution in [2.24, 2.45) is 0 Å². The predicted octanol–water partition coefficient (Wildman–Crippen LogP) is 8.59. The summed E-state index contributed by atoms with van der Waals surface area (Å²) < 4.78 is -1.32. The van der Waals surface area contributed by atoms with Crippen molar-refractivity contribution in [3.63, 3.8) is 0 Å². The first-order valence-corrected chi connectivity index (χ1v) is 17.6. The lowest BCUT2D eigenvalue weighted by Gasteiger charge is -2.08. The van der Waals surface area contributed by atoms with Gasteiger partial charge in [-0.2, -0.15) is 0 Å². The minimum absolute atomic E-state index is 1.28. The van der Waals surface area contributed by atoms with Crippen molar-refractivity contribution < 1.29 is 0 Å². The van der Waals surface area contributed by atoms with Crippen molar-refractivity contribution in [1.82, 2.24) is 0 Å². The molecule has 0 saturated carbocycles. The molecule has 0 aromatic rings. The Labute approximate surface area is 152 Å². The molecular weight excluding hydrogens is 460 g/mol. The van der Waals surface area contributed by atoms with Gasteiger partial charge in [0, 0.05) is 0 Å². The van der Waals surface area contributed by atoms with Gasteiger partial charge in [-0.3, -0.25) is 0 Å². The molecule has 4 heteroatoms. The van der Waals surface area contributed by atoms with Gasteiger partial charge in [0.05, 0.1) is 0 Å². The molecule has 20 heavy (non-hydrogen) atoms. The van der Waals surface area contributed by atoms with Crippen LogP contribution in [0, 0.1) is 0 Å². The highest BCUT2D eigenvalue weighted by atomic mass is 80.0. The summed E-state index contributed by atoms with van der Waals surface area (Å²) in [5.41, 5.74) is 0. The van der Waals surface area contributed by atoms with Gasteiger partial charge in [0.25, 0.3) is 3.93 Å². The predicted molar refractivity (Wildman–Crippen MR) is 108 cm³/mol. The second kappa shape index (κ2) is 15.5. The van der Waals surface area contributed by atoms with Crippen molar-refractivity contribution in [3.8, 4) is 0 Å². The Balaban J connectivity index is 2.99. The quantitative estimate of drug-likeness (QED) is 0.122. The standard InChI is InChI=1S/C16H33Br3Si/c1-2-3-4-5-6-7-8-9-10-11-12-13-14-15-16-20(17,18)19/h2-16H2,1H3. The fourth-order valence-corrected chi connectivity index (χ4v) is 5.69. The summed E-state index contributed by atoms with van der Waals surface area (Å²) in [5, 5.41) is 0. The van der Waals surface area contributed by atoms with Crippen LogP contribution in [0.2, 0.25) is 6.04 Å². The zero-order valence-corrected chi connectivity index (χ0v) is 19.0. The van der Waals surface area contributed by atoms with Crippen LogP contribution in [0.4, 0.5) is 0 Å². The lowest BCUT2D eigenvalue weighted by molar-refractivity contribution is 0.538. The molecule has 0 fully saturated rings. The highest BCUT2D eigenvalue weighted by Crippen LogP contribution is 2.33. The number of halogens is 3. The van der Waals surface area contributed by atoms with Gasteiger partial charge >= 0.3 is 0 Å². The van der Waals surface area contributed by atoms with E-state index >= 15 is 0 Å². The Morgan fingerprint density at radius 1 is 0.500 bits per heavy atom. The smallest absolute Gasteiger partial charge is 0.0964 e. The molecule has 0 aromatic heterocycles. The maximum absolute atomic E-state index is 3.69. The van der Waals surface area contributed by atoms with E-state index in [1.165, 1.54) is 95.9 Å². The number of unbranched alkanes of at least 4 members (excludes halogenated alkanes) is 13. The molecule has 0 aliphatic carbocycles. The van der Waals surface area contributed by atoms with Crippen molar-refractivity contribution in [2.75, 3.05) is 0 Å². The fraction of sp³-hybridized carbons (Fsp3) is 1.00. The third kappa shape index (κ3) is 19.7. The third-order valence-corrected chi connectivity index (χ3v) is 8.30. The molecule has 0 aliphatic rings. The summed E-state index contributed by atoms with van der Waals surface area (Å²) in [6.45, 7) is 2.29. The first-order chi connectivity index (χ1) is 9.56. The van der Waals surface area contributed by atoms with Gasteiger partial charge in [-0.25, -0.2) is 0 Å². The summed E-state index contributed by atoms with van der Waals surface area (Å²) in [4.78, 5) is 0. The molecule has 0 aliphatic heterocycles. The molecule has 122 valence electrons. The van der Waals surface area contributed by atoms with Crippen LogP contribution in [0.1, 0.15) is 96.8 Å². The Morgan fingerprint density at radius 2 is 0.800 bits per heavy atom. The van der Waals surface area contributed by atoms with Gasteiger partial charge in [-0.05, 0) is 6.04 Å². The van der Waals surface area contributed by atoms with E-state index in [-0.39, 0.29) is 0 Å². The molecule has 0 unspecified atom stereocenters. The van der Waals surface area contributed by atoms with E-state index in [1.54, 1.807) is 0 Å². The molecule has 0 nitrogen and oxygen atoms in total. The number of rotatable bonds is 15. The van der Waals surface area contributed by atoms with Gasteiger partial charge in [0.2, 0.25) is 0 Å². The Hall–Kier alpha value is 1.66. The second-order valence-corrected chi connectivity index (χ2v) is 29.5. The molecule has 0 atom stereocenters. The van der Waals surface area contributed by atoms with E-state index < -0.39 is 3.93 Å². The average Bonchev–Trinajstić information content (AvgIpc) is 2.38. The Bertz CT molecular complexity index is 193. The molecule has 0 amide bonds. The summed E-state index contributed by atoms with van der Waals surface area (Å²) in [6, 6.07) is 1.28. The summed E-state index contributed by atoms with van der Waals surface area (Å²) in [5.74, 6) is 0. The van der Waals surface area contributed by atoms with E-state index in [9.17, 15) is 0 Å². The van der Waals surface area contributed by atoms with Crippen molar-refractivity contribution in [3.05, 3.63) is 0 Å². The zero-order chi connectivity index (χ0) is 15.1. The Morgan fingerprint density at radius 3 is 1.10 bits per heavy atom. The van der Waals surface area contributed by atoms with E-state index in [1.807, 2.05) is 0 Å². The highest BCUT2D eigenvalue weighted by Gasteiger charge is 2.20. The van der Waals surface area contributed by atoms with E-state index in [4.69, 9.17) is 0 Å². The molecule has 0 rings (SSSR count). The third-order valence-electron chi connectivity index (χ3n) is 3.81. The first kappa shape index (κ1) is 21.7. The molecule has 0 bridgehead atoms. The zero-order valence-electron chi connectivity index (χ0n) is 13.2. The maximum atomic E-state index is 3.69. The van der Waals surface area contributed by atoms with Gasteiger partial charge in [0.15, 0.2) is 0 Å². The minimum Gasteiger partial charge on any atom is -0.0964 e. The lowest BCUT2D eigenvalue weighted by atomic mass is 10.0.